The Kier molecular flexibility index (Phi) is 3.94. The zero-order valence-corrected chi connectivity index (χ0v) is 12.0. The number of hydrogen-bond donors (Lipinski definition) is 2. The number of carbonyl (C=O) groups is 1. The minimum atomic E-state index is -0.169. The number of nitrogens with zero attached hydrogens (tertiary/aromatic N) is 1. The number of carbonyl (C=O) groups excluding carboxylic acids is 1. The van der Waals surface area contributed by atoms with E-state index in [9.17, 15) is 4.79 Å². The maximum absolute atomic E-state index is 11.9. The number of nitrogens with one attached hydrogen (secondary N) is 2. The second-order valence-corrected chi connectivity index (χ2v) is 6.24. The van der Waals surface area contributed by atoms with Crippen LogP contribution in [0.2, 0.25) is 0 Å². The molecule has 0 spiro atoms. The van der Waals surface area contributed by atoms with Gasteiger partial charge in [0.05, 0.1) is 0 Å². The number of amides is 2. The van der Waals surface area contributed by atoms with E-state index in [1.165, 1.54) is 32.1 Å². The molecule has 1 aromatic heterocycles. The van der Waals surface area contributed by atoms with E-state index < -0.39 is 0 Å². The first-order chi connectivity index (χ1) is 9.70. The van der Waals surface area contributed by atoms with Gasteiger partial charge in [-0.25, -0.2) is 4.79 Å². The quantitative estimate of drug-likeness (QED) is 0.870. The van der Waals surface area contributed by atoms with Crippen molar-refractivity contribution in [3.05, 3.63) is 11.8 Å². The molecule has 1 heterocycles. The average Bonchev–Trinajstić information content (AvgIpc) is 2.83. The highest BCUT2D eigenvalue weighted by Crippen LogP contribution is 2.40. The van der Waals surface area contributed by atoms with Crippen molar-refractivity contribution in [1.29, 1.82) is 0 Å². The standard InChI is InChI=1S/C15H23N3O2/c1-10-8-14(18-20-10)17-15(19)16-13-7-6-11-4-2-3-5-12(11)9-13/h8,11-13H,2-7,9H2,1H3,(H2,16,17,18,19)/t11-,12-,13-/m1/s1. The number of anilines is 1. The van der Waals surface area contributed by atoms with E-state index >= 15 is 0 Å². The van der Waals surface area contributed by atoms with Crippen molar-refractivity contribution in [2.75, 3.05) is 5.32 Å². The molecule has 0 aliphatic heterocycles. The maximum atomic E-state index is 11.9. The van der Waals surface area contributed by atoms with Crippen molar-refractivity contribution in [2.45, 2.75) is 57.9 Å². The van der Waals surface area contributed by atoms with Gasteiger partial charge in [-0.15, -0.1) is 0 Å². The van der Waals surface area contributed by atoms with Crippen molar-refractivity contribution >= 4 is 11.8 Å². The summed E-state index contributed by atoms with van der Waals surface area (Å²) < 4.78 is 4.93. The van der Waals surface area contributed by atoms with Crippen LogP contribution in [0.25, 0.3) is 0 Å². The maximum Gasteiger partial charge on any atom is 0.320 e. The van der Waals surface area contributed by atoms with Gasteiger partial charge in [0, 0.05) is 12.1 Å². The Morgan fingerprint density at radius 1 is 1.25 bits per heavy atom. The van der Waals surface area contributed by atoms with Crippen LogP contribution >= 0.6 is 0 Å². The Hall–Kier alpha value is -1.52. The van der Waals surface area contributed by atoms with Crippen LogP contribution in [0.5, 0.6) is 0 Å². The zero-order chi connectivity index (χ0) is 13.9. The van der Waals surface area contributed by atoms with Gasteiger partial charge in [-0.1, -0.05) is 30.8 Å². The number of aryl methyl sites for hydroxylation is 1. The summed E-state index contributed by atoms with van der Waals surface area (Å²) in [5, 5.41) is 9.57. The highest BCUT2D eigenvalue weighted by Gasteiger charge is 2.32. The highest BCUT2D eigenvalue weighted by molar-refractivity contribution is 5.88. The monoisotopic (exact) mass is 277 g/mol. The molecule has 2 amide bonds. The molecular weight excluding hydrogens is 254 g/mol. The van der Waals surface area contributed by atoms with Gasteiger partial charge in [-0.2, -0.15) is 0 Å². The van der Waals surface area contributed by atoms with Crippen molar-refractivity contribution < 1.29 is 9.32 Å². The van der Waals surface area contributed by atoms with Gasteiger partial charge < -0.3 is 9.84 Å². The lowest BCUT2D eigenvalue weighted by Crippen LogP contribution is -2.43. The molecule has 2 aliphatic carbocycles. The fourth-order valence-electron chi connectivity index (χ4n) is 3.77. The van der Waals surface area contributed by atoms with Gasteiger partial charge in [-0.3, -0.25) is 5.32 Å². The molecule has 110 valence electrons. The molecule has 1 aromatic rings. The molecule has 20 heavy (non-hydrogen) atoms. The van der Waals surface area contributed by atoms with E-state index in [0.717, 1.165) is 24.7 Å². The molecule has 3 atom stereocenters. The second kappa shape index (κ2) is 5.85. The molecule has 2 fully saturated rings. The SMILES string of the molecule is Cc1cc(NC(=O)N[C@@H]2CC[C@H]3CCCC[C@@H]3C2)no1. The first-order valence-electron chi connectivity index (χ1n) is 7.71. The summed E-state index contributed by atoms with van der Waals surface area (Å²) in [6.07, 6.45) is 8.99. The van der Waals surface area contributed by atoms with Gasteiger partial charge in [0.1, 0.15) is 5.76 Å². The van der Waals surface area contributed by atoms with E-state index in [2.05, 4.69) is 15.8 Å². The van der Waals surface area contributed by atoms with Crippen LogP contribution in [0.1, 0.15) is 50.7 Å². The smallest absolute Gasteiger partial charge is 0.320 e. The van der Waals surface area contributed by atoms with Gasteiger partial charge in [0.25, 0.3) is 0 Å². The predicted octanol–water partition coefficient (Wildman–Crippen LogP) is 3.46. The highest BCUT2D eigenvalue weighted by atomic mass is 16.5. The molecule has 2 N–H and O–H groups in total. The van der Waals surface area contributed by atoms with Crippen LogP contribution in [0.3, 0.4) is 0 Å². The summed E-state index contributed by atoms with van der Waals surface area (Å²) >= 11 is 0. The summed E-state index contributed by atoms with van der Waals surface area (Å²) in [6, 6.07) is 1.86. The Morgan fingerprint density at radius 2 is 2.05 bits per heavy atom. The third kappa shape index (κ3) is 3.14. The van der Waals surface area contributed by atoms with E-state index in [0.29, 0.717) is 17.6 Å². The lowest BCUT2D eigenvalue weighted by Gasteiger charge is -2.39. The minimum Gasteiger partial charge on any atom is -0.360 e. The lowest BCUT2D eigenvalue weighted by atomic mass is 9.69. The Bertz CT molecular complexity index is 471. The van der Waals surface area contributed by atoms with Crippen molar-refractivity contribution in [1.82, 2.24) is 10.5 Å². The third-order valence-electron chi connectivity index (χ3n) is 4.74. The number of aromatic nitrogens is 1. The Morgan fingerprint density at radius 3 is 2.80 bits per heavy atom. The number of urea groups is 1. The van der Waals surface area contributed by atoms with E-state index in [1.54, 1.807) is 13.0 Å². The molecule has 3 rings (SSSR count). The van der Waals surface area contributed by atoms with Gasteiger partial charge in [0.15, 0.2) is 5.82 Å². The van der Waals surface area contributed by atoms with Crippen molar-refractivity contribution in [2.24, 2.45) is 11.8 Å². The molecule has 5 nitrogen and oxygen atoms in total. The largest absolute Gasteiger partial charge is 0.360 e. The third-order valence-corrected chi connectivity index (χ3v) is 4.74. The zero-order valence-electron chi connectivity index (χ0n) is 12.0. The van der Waals surface area contributed by atoms with Crippen molar-refractivity contribution in [3.8, 4) is 0 Å². The molecule has 0 saturated heterocycles. The first-order valence-corrected chi connectivity index (χ1v) is 7.71. The second-order valence-electron chi connectivity index (χ2n) is 6.24. The summed E-state index contributed by atoms with van der Waals surface area (Å²) in [4.78, 5) is 11.9. The molecular formula is C15H23N3O2. The molecule has 2 aliphatic rings. The fraction of sp³-hybridized carbons (Fsp3) is 0.733. The Labute approximate surface area is 119 Å². The van der Waals surface area contributed by atoms with Crippen LogP contribution < -0.4 is 10.6 Å². The van der Waals surface area contributed by atoms with Crippen LogP contribution in [-0.2, 0) is 0 Å². The average molecular weight is 277 g/mol. The van der Waals surface area contributed by atoms with Gasteiger partial charge in [-0.05, 0) is 38.0 Å². The van der Waals surface area contributed by atoms with Crippen LogP contribution in [0.4, 0.5) is 10.6 Å². The summed E-state index contributed by atoms with van der Waals surface area (Å²) in [7, 11) is 0. The minimum absolute atomic E-state index is 0.169. The Balaban J connectivity index is 1.49. The van der Waals surface area contributed by atoms with Crippen molar-refractivity contribution in [3.63, 3.8) is 0 Å². The van der Waals surface area contributed by atoms with Gasteiger partial charge >= 0.3 is 6.03 Å². The first kappa shape index (κ1) is 13.5. The summed E-state index contributed by atoms with van der Waals surface area (Å²) in [5.74, 6) is 2.90. The summed E-state index contributed by atoms with van der Waals surface area (Å²) in [6.45, 7) is 1.81. The molecule has 0 unspecified atom stereocenters. The fourth-order valence-corrected chi connectivity index (χ4v) is 3.77. The van der Waals surface area contributed by atoms with E-state index in [1.807, 2.05) is 0 Å². The molecule has 2 saturated carbocycles. The molecule has 0 bridgehead atoms. The number of hydrogen-bond acceptors (Lipinski definition) is 3. The summed E-state index contributed by atoms with van der Waals surface area (Å²) in [5.41, 5.74) is 0. The van der Waals surface area contributed by atoms with Gasteiger partial charge in [0.2, 0.25) is 0 Å². The normalized spacial score (nSPS) is 29.6. The van der Waals surface area contributed by atoms with Crippen LogP contribution in [0.15, 0.2) is 10.6 Å². The molecule has 5 heteroatoms. The predicted molar refractivity (Wildman–Crippen MR) is 76.5 cm³/mol. The van der Waals surface area contributed by atoms with Crippen LogP contribution in [-0.4, -0.2) is 17.2 Å². The van der Waals surface area contributed by atoms with E-state index in [-0.39, 0.29) is 6.03 Å². The molecule has 0 aromatic carbocycles. The lowest BCUT2D eigenvalue weighted by molar-refractivity contribution is 0.146. The van der Waals surface area contributed by atoms with Crippen LogP contribution in [0, 0.1) is 18.8 Å². The molecule has 0 radical (unpaired) electrons. The number of rotatable bonds is 2. The van der Waals surface area contributed by atoms with E-state index in [4.69, 9.17) is 4.52 Å². The topological polar surface area (TPSA) is 67.2 Å². The number of fused-ring (bicyclic) bond motifs is 1.